The number of likely N-dealkylation sites (tertiary alicyclic amines) is 1. The molecule has 0 aliphatic carbocycles. The van der Waals surface area contributed by atoms with Gasteiger partial charge in [-0.15, -0.1) is 0 Å². The van der Waals surface area contributed by atoms with E-state index in [9.17, 15) is 4.79 Å². The number of amidine groups is 1. The Morgan fingerprint density at radius 1 is 1.29 bits per heavy atom. The Kier molecular flexibility index (Phi) is 4.20. The molecule has 2 aliphatic rings. The van der Waals surface area contributed by atoms with Gasteiger partial charge in [0.15, 0.2) is 0 Å². The van der Waals surface area contributed by atoms with Crippen LogP contribution in [0.25, 0.3) is 0 Å². The van der Waals surface area contributed by atoms with E-state index in [-0.39, 0.29) is 5.92 Å². The van der Waals surface area contributed by atoms with Crippen molar-refractivity contribution >= 4 is 11.8 Å². The molecule has 112 valence electrons. The molecule has 5 nitrogen and oxygen atoms in total. The van der Waals surface area contributed by atoms with Crippen LogP contribution in [0.2, 0.25) is 0 Å². The first kappa shape index (κ1) is 14.1. The van der Waals surface area contributed by atoms with Gasteiger partial charge in [0.1, 0.15) is 5.84 Å². The molecule has 0 unspecified atom stereocenters. The number of benzene rings is 1. The van der Waals surface area contributed by atoms with Gasteiger partial charge in [-0.05, 0) is 31.5 Å². The highest BCUT2D eigenvalue weighted by Gasteiger charge is 2.24. The summed E-state index contributed by atoms with van der Waals surface area (Å²) < 4.78 is 0. The largest absolute Gasteiger partial charge is 0.481 e. The third-order valence-corrected chi connectivity index (χ3v) is 4.24. The van der Waals surface area contributed by atoms with Gasteiger partial charge in [0.05, 0.1) is 12.5 Å². The fraction of sp³-hybridized carbons (Fsp3) is 0.500. The Morgan fingerprint density at radius 3 is 2.57 bits per heavy atom. The molecule has 0 saturated carbocycles. The van der Waals surface area contributed by atoms with Crippen molar-refractivity contribution < 1.29 is 9.90 Å². The molecule has 0 aromatic heterocycles. The predicted octanol–water partition coefficient (Wildman–Crippen LogP) is 1.33. The summed E-state index contributed by atoms with van der Waals surface area (Å²) in [4.78, 5) is 17.7. The standard InChI is InChI=1S/C16H21N3O2/c20-16(21)14-5-9-19(10-6-14)11-12-1-3-13(4-2-12)15-17-7-8-18-15/h1-4,14H,5-11H2,(H,17,18)(H,20,21). The number of nitrogens with zero attached hydrogens (tertiary/aromatic N) is 2. The van der Waals surface area contributed by atoms with Crippen LogP contribution in [-0.2, 0) is 11.3 Å². The number of piperidine rings is 1. The summed E-state index contributed by atoms with van der Waals surface area (Å²) in [5.74, 6) is 0.183. The summed E-state index contributed by atoms with van der Waals surface area (Å²) in [5.41, 5.74) is 2.41. The number of rotatable bonds is 4. The topological polar surface area (TPSA) is 64.9 Å². The maximum Gasteiger partial charge on any atom is 0.306 e. The Hall–Kier alpha value is -1.88. The number of aliphatic imine (C=N–C) groups is 1. The average molecular weight is 287 g/mol. The van der Waals surface area contributed by atoms with Crippen molar-refractivity contribution in [1.29, 1.82) is 0 Å². The Bertz CT molecular complexity index is 531. The van der Waals surface area contributed by atoms with Gasteiger partial charge in [-0.1, -0.05) is 24.3 Å². The third kappa shape index (κ3) is 3.42. The van der Waals surface area contributed by atoms with E-state index < -0.39 is 5.97 Å². The average Bonchev–Trinajstić information content (AvgIpc) is 3.03. The molecule has 0 radical (unpaired) electrons. The lowest BCUT2D eigenvalue weighted by atomic mass is 9.97. The van der Waals surface area contributed by atoms with Crippen LogP contribution in [-0.4, -0.2) is 48.0 Å². The quantitative estimate of drug-likeness (QED) is 0.877. The number of carboxylic acids is 1. The molecular formula is C16H21N3O2. The third-order valence-electron chi connectivity index (χ3n) is 4.24. The molecule has 2 aliphatic heterocycles. The summed E-state index contributed by atoms with van der Waals surface area (Å²) in [5, 5.41) is 12.3. The van der Waals surface area contributed by atoms with E-state index in [1.54, 1.807) is 0 Å². The Balaban J connectivity index is 1.55. The van der Waals surface area contributed by atoms with Gasteiger partial charge in [-0.2, -0.15) is 0 Å². The predicted molar refractivity (Wildman–Crippen MR) is 81.5 cm³/mol. The Morgan fingerprint density at radius 2 is 2.00 bits per heavy atom. The summed E-state index contributed by atoms with van der Waals surface area (Å²) in [7, 11) is 0. The van der Waals surface area contributed by atoms with Crippen LogP contribution in [0.3, 0.4) is 0 Å². The minimum atomic E-state index is -0.649. The van der Waals surface area contributed by atoms with Crippen molar-refractivity contribution in [3.05, 3.63) is 35.4 Å². The molecule has 1 aromatic rings. The van der Waals surface area contributed by atoms with Crippen LogP contribution in [0.1, 0.15) is 24.0 Å². The lowest BCUT2D eigenvalue weighted by Crippen LogP contribution is -2.35. The van der Waals surface area contributed by atoms with E-state index in [4.69, 9.17) is 5.11 Å². The molecule has 3 rings (SSSR count). The minimum absolute atomic E-state index is 0.157. The molecule has 0 spiro atoms. The van der Waals surface area contributed by atoms with Gasteiger partial charge in [-0.25, -0.2) is 0 Å². The van der Waals surface area contributed by atoms with Gasteiger partial charge < -0.3 is 10.4 Å². The molecule has 1 fully saturated rings. The van der Waals surface area contributed by atoms with Crippen molar-refractivity contribution in [1.82, 2.24) is 10.2 Å². The van der Waals surface area contributed by atoms with Crippen molar-refractivity contribution in [2.45, 2.75) is 19.4 Å². The fourth-order valence-corrected chi connectivity index (χ4v) is 2.96. The van der Waals surface area contributed by atoms with Crippen LogP contribution in [0.15, 0.2) is 29.3 Å². The first-order valence-corrected chi connectivity index (χ1v) is 7.55. The highest BCUT2D eigenvalue weighted by atomic mass is 16.4. The zero-order chi connectivity index (χ0) is 14.7. The van der Waals surface area contributed by atoms with Gasteiger partial charge in [-0.3, -0.25) is 14.7 Å². The van der Waals surface area contributed by atoms with Crippen LogP contribution in [0.5, 0.6) is 0 Å². The van der Waals surface area contributed by atoms with Crippen molar-refractivity contribution in [2.24, 2.45) is 10.9 Å². The molecule has 2 N–H and O–H groups in total. The van der Waals surface area contributed by atoms with Crippen LogP contribution >= 0.6 is 0 Å². The normalized spacial score (nSPS) is 20.1. The molecular weight excluding hydrogens is 266 g/mol. The smallest absolute Gasteiger partial charge is 0.306 e. The molecule has 0 atom stereocenters. The monoisotopic (exact) mass is 287 g/mol. The van der Waals surface area contributed by atoms with E-state index in [1.165, 1.54) is 5.56 Å². The lowest BCUT2D eigenvalue weighted by Gasteiger charge is -2.30. The maximum absolute atomic E-state index is 10.9. The zero-order valence-corrected chi connectivity index (χ0v) is 12.1. The fourth-order valence-electron chi connectivity index (χ4n) is 2.96. The maximum atomic E-state index is 10.9. The highest BCUT2D eigenvalue weighted by molar-refractivity contribution is 5.99. The Labute approximate surface area is 124 Å². The van der Waals surface area contributed by atoms with Gasteiger partial charge >= 0.3 is 5.97 Å². The lowest BCUT2D eigenvalue weighted by molar-refractivity contribution is -0.143. The van der Waals surface area contributed by atoms with E-state index in [1.807, 2.05) is 0 Å². The second-order valence-corrected chi connectivity index (χ2v) is 5.74. The number of hydrogen-bond donors (Lipinski definition) is 2. The summed E-state index contributed by atoms with van der Waals surface area (Å²) >= 11 is 0. The van der Waals surface area contributed by atoms with E-state index >= 15 is 0 Å². The van der Waals surface area contributed by atoms with Gasteiger partial charge in [0.25, 0.3) is 0 Å². The van der Waals surface area contributed by atoms with Gasteiger partial charge in [0.2, 0.25) is 0 Å². The molecule has 1 aromatic carbocycles. The van der Waals surface area contributed by atoms with E-state index in [0.717, 1.165) is 57.0 Å². The number of carbonyl (C=O) groups is 1. The van der Waals surface area contributed by atoms with Crippen LogP contribution in [0.4, 0.5) is 0 Å². The summed E-state index contributed by atoms with van der Waals surface area (Å²) in [6.45, 7) is 4.41. The number of aliphatic carboxylic acids is 1. The second-order valence-electron chi connectivity index (χ2n) is 5.74. The molecule has 5 heteroatoms. The number of carboxylic acid groups (broad SMARTS) is 1. The van der Waals surface area contributed by atoms with Crippen LogP contribution in [0, 0.1) is 5.92 Å². The minimum Gasteiger partial charge on any atom is -0.481 e. The van der Waals surface area contributed by atoms with Crippen molar-refractivity contribution in [3.8, 4) is 0 Å². The number of hydrogen-bond acceptors (Lipinski definition) is 4. The summed E-state index contributed by atoms with van der Waals surface area (Å²) in [6, 6.07) is 8.50. The second kappa shape index (κ2) is 6.26. The molecule has 21 heavy (non-hydrogen) atoms. The molecule has 0 amide bonds. The highest BCUT2D eigenvalue weighted by Crippen LogP contribution is 2.19. The molecule has 1 saturated heterocycles. The van der Waals surface area contributed by atoms with E-state index in [2.05, 4.69) is 39.5 Å². The summed E-state index contributed by atoms with van der Waals surface area (Å²) in [6.07, 6.45) is 1.52. The van der Waals surface area contributed by atoms with Crippen LogP contribution < -0.4 is 5.32 Å². The SMILES string of the molecule is O=C(O)C1CCN(Cc2ccc(C3=NCCN3)cc2)CC1. The van der Waals surface area contributed by atoms with E-state index in [0.29, 0.717) is 0 Å². The van der Waals surface area contributed by atoms with Gasteiger partial charge in [0, 0.05) is 18.7 Å². The first-order valence-electron chi connectivity index (χ1n) is 7.55. The zero-order valence-electron chi connectivity index (χ0n) is 12.1. The van der Waals surface area contributed by atoms with Crippen molar-refractivity contribution in [3.63, 3.8) is 0 Å². The van der Waals surface area contributed by atoms with Crippen molar-refractivity contribution in [2.75, 3.05) is 26.2 Å². The number of nitrogens with one attached hydrogen (secondary N) is 1. The molecule has 0 bridgehead atoms. The first-order chi connectivity index (χ1) is 10.2. The molecule has 2 heterocycles.